The summed E-state index contributed by atoms with van der Waals surface area (Å²) in [6, 6.07) is 17.0. The van der Waals surface area contributed by atoms with Gasteiger partial charge in [0.1, 0.15) is 10.6 Å². The number of thiophene rings is 1. The average Bonchev–Trinajstić information content (AvgIpc) is 3.61. The summed E-state index contributed by atoms with van der Waals surface area (Å²) in [5.74, 6) is 2.09. The SMILES string of the molecule is c1ccc(-c2cc3c(NCC(C4CCOC4)N4CCOCC4)nc(-c4cccnc4)nc3s2)cc1. The van der Waals surface area contributed by atoms with Gasteiger partial charge in [0.2, 0.25) is 0 Å². The predicted molar refractivity (Wildman–Crippen MR) is 140 cm³/mol. The van der Waals surface area contributed by atoms with Gasteiger partial charge in [0, 0.05) is 61.0 Å². The highest BCUT2D eigenvalue weighted by Crippen LogP contribution is 2.37. The molecule has 0 saturated carbocycles. The Hall–Kier alpha value is -2.91. The van der Waals surface area contributed by atoms with Gasteiger partial charge in [0.25, 0.3) is 0 Å². The highest BCUT2D eigenvalue weighted by atomic mass is 32.1. The number of nitrogens with one attached hydrogen (secondary N) is 1. The predicted octanol–water partition coefficient (Wildman–Crippen LogP) is 4.57. The van der Waals surface area contributed by atoms with Crippen LogP contribution in [0.1, 0.15) is 6.42 Å². The zero-order valence-electron chi connectivity index (χ0n) is 19.6. The summed E-state index contributed by atoms with van der Waals surface area (Å²) in [6.45, 7) is 5.97. The van der Waals surface area contributed by atoms with E-state index in [-0.39, 0.29) is 0 Å². The lowest BCUT2D eigenvalue weighted by Gasteiger charge is -2.37. The van der Waals surface area contributed by atoms with Crippen molar-refractivity contribution in [2.75, 3.05) is 51.4 Å². The first-order chi connectivity index (χ1) is 17.3. The molecule has 0 spiro atoms. The van der Waals surface area contributed by atoms with Crippen LogP contribution in [0.25, 0.3) is 32.0 Å². The maximum absolute atomic E-state index is 5.76. The van der Waals surface area contributed by atoms with Crippen LogP contribution in [0.2, 0.25) is 0 Å². The van der Waals surface area contributed by atoms with Crippen LogP contribution in [-0.2, 0) is 9.47 Å². The standard InChI is InChI=1S/C27H29N5O2S/c1-2-5-19(6-3-1)24-15-22-26(30-25(31-27(22)35-24)20-7-4-9-28-16-20)29-17-23(21-8-12-34-18-21)32-10-13-33-14-11-32/h1-7,9,15-16,21,23H,8,10-14,17-18H2,(H,29,30,31). The fraction of sp³-hybridized carbons (Fsp3) is 0.370. The summed E-state index contributed by atoms with van der Waals surface area (Å²) in [4.78, 5) is 18.9. The van der Waals surface area contributed by atoms with E-state index in [0.29, 0.717) is 17.8 Å². The molecule has 3 aromatic heterocycles. The number of ether oxygens (including phenoxy) is 2. The molecule has 180 valence electrons. The summed E-state index contributed by atoms with van der Waals surface area (Å²) >= 11 is 1.70. The minimum Gasteiger partial charge on any atom is -0.381 e. The van der Waals surface area contributed by atoms with Crippen molar-refractivity contribution in [1.29, 1.82) is 0 Å². The van der Waals surface area contributed by atoms with Crippen LogP contribution in [0.15, 0.2) is 60.9 Å². The van der Waals surface area contributed by atoms with Crippen molar-refractivity contribution in [3.05, 3.63) is 60.9 Å². The fourth-order valence-electron chi connectivity index (χ4n) is 4.99. The number of hydrogen-bond acceptors (Lipinski definition) is 8. The van der Waals surface area contributed by atoms with Crippen molar-refractivity contribution in [2.45, 2.75) is 12.5 Å². The van der Waals surface area contributed by atoms with Crippen LogP contribution < -0.4 is 5.32 Å². The van der Waals surface area contributed by atoms with E-state index in [1.807, 2.05) is 24.4 Å². The van der Waals surface area contributed by atoms with Crippen molar-refractivity contribution in [3.8, 4) is 21.8 Å². The van der Waals surface area contributed by atoms with E-state index in [0.717, 1.165) is 74.1 Å². The molecule has 35 heavy (non-hydrogen) atoms. The molecule has 0 radical (unpaired) electrons. The van der Waals surface area contributed by atoms with Crippen LogP contribution >= 0.6 is 11.3 Å². The van der Waals surface area contributed by atoms with Gasteiger partial charge in [-0.15, -0.1) is 11.3 Å². The van der Waals surface area contributed by atoms with E-state index in [9.17, 15) is 0 Å². The summed E-state index contributed by atoms with van der Waals surface area (Å²) in [6.07, 6.45) is 4.69. The van der Waals surface area contributed by atoms with E-state index in [2.05, 4.69) is 45.5 Å². The van der Waals surface area contributed by atoms with Gasteiger partial charge in [-0.2, -0.15) is 0 Å². The zero-order valence-corrected chi connectivity index (χ0v) is 20.4. The monoisotopic (exact) mass is 487 g/mol. The number of hydrogen-bond donors (Lipinski definition) is 1. The number of nitrogens with zero attached hydrogens (tertiary/aromatic N) is 4. The molecule has 5 heterocycles. The van der Waals surface area contributed by atoms with Crippen molar-refractivity contribution in [3.63, 3.8) is 0 Å². The van der Waals surface area contributed by atoms with Crippen LogP contribution in [0.5, 0.6) is 0 Å². The molecule has 4 aromatic rings. The Balaban J connectivity index is 1.36. The molecule has 0 aliphatic carbocycles. The molecule has 1 aromatic carbocycles. The molecular formula is C27H29N5O2S. The molecule has 7 nitrogen and oxygen atoms in total. The van der Waals surface area contributed by atoms with Gasteiger partial charge in [-0.25, -0.2) is 9.97 Å². The first kappa shape index (κ1) is 22.5. The molecule has 2 saturated heterocycles. The quantitative estimate of drug-likeness (QED) is 0.409. The molecule has 1 N–H and O–H groups in total. The van der Waals surface area contributed by atoms with Crippen LogP contribution in [0.4, 0.5) is 5.82 Å². The number of fused-ring (bicyclic) bond motifs is 1. The highest BCUT2D eigenvalue weighted by Gasteiger charge is 2.31. The van der Waals surface area contributed by atoms with Gasteiger partial charge in [0.05, 0.1) is 25.2 Å². The second kappa shape index (κ2) is 10.4. The molecule has 0 bridgehead atoms. The summed E-state index contributed by atoms with van der Waals surface area (Å²) < 4.78 is 11.4. The van der Waals surface area contributed by atoms with Gasteiger partial charge in [-0.05, 0) is 30.2 Å². The number of aromatic nitrogens is 3. The zero-order chi connectivity index (χ0) is 23.5. The van der Waals surface area contributed by atoms with Crippen molar-refractivity contribution >= 4 is 27.4 Å². The number of rotatable bonds is 7. The third kappa shape index (κ3) is 4.92. The van der Waals surface area contributed by atoms with Gasteiger partial charge >= 0.3 is 0 Å². The molecular weight excluding hydrogens is 458 g/mol. The van der Waals surface area contributed by atoms with Crippen molar-refractivity contribution in [1.82, 2.24) is 19.9 Å². The Morgan fingerprint density at radius 2 is 1.86 bits per heavy atom. The molecule has 2 atom stereocenters. The van der Waals surface area contributed by atoms with Gasteiger partial charge in [0.15, 0.2) is 5.82 Å². The third-order valence-corrected chi connectivity index (χ3v) is 7.95. The van der Waals surface area contributed by atoms with E-state index in [4.69, 9.17) is 19.4 Å². The normalized spacial score (nSPS) is 19.7. The van der Waals surface area contributed by atoms with Crippen molar-refractivity contribution < 1.29 is 9.47 Å². The second-order valence-corrected chi connectivity index (χ2v) is 10.1. The van der Waals surface area contributed by atoms with Crippen LogP contribution in [0.3, 0.4) is 0 Å². The van der Waals surface area contributed by atoms with E-state index in [1.165, 1.54) is 10.4 Å². The van der Waals surface area contributed by atoms with Gasteiger partial charge in [-0.3, -0.25) is 9.88 Å². The Kier molecular flexibility index (Phi) is 6.68. The lowest BCUT2D eigenvalue weighted by Crippen LogP contribution is -2.50. The Labute approximate surface area is 209 Å². The van der Waals surface area contributed by atoms with E-state index < -0.39 is 0 Å². The smallest absolute Gasteiger partial charge is 0.164 e. The molecule has 2 fully saturated rings. The summed E-state index contributed by atoms with van der Waals surface area (Å²) in [5.41, 5.74) is 2.11. The summed E-state index contributed by atoms with van der Waals surface area (Å²) in [5, 5.41) is 4.79. The molecule has 2 aliphatic heterocycles. The van der Waals surface area contributed by atoms with Crippen LogP contribution in [-0.4, -0.2) is 72.0 Å². The Morgan fingerprint density at radius 1 is 1.00 bits per heavy atom. The maximum atomic E-state index is 5.76. The minimum atomic E-state index is 0.375. The third-order valence-electron chi connectivity index (χ3n) is 6.87. The molecule has 2 unspecified atom stereocenters. The maximum Gasteiger partial charge on any atom is 0.164 e. The molecule has 0 amide bonds. The molecule has 6 rings (SSSR count). The Bertz CT molecular complexity index is 1250. The molecule has 2 aliphatic rings. The number of pyridine rings is 1. The lowest BCUT2D eigenvalue weighted by molar-refractivity contribution is 0.00460. The van der Waals surface area contributed by atoms with E-state index >= 15 is 0 Å². The number of morpholine rings is 1. The fourth-order valence-corrected chi connectivity index (χ4v) is 6.02. The minimum absolute atomic E-state index is 0.375. The van der Waals surface area contributed by atoms with E-state index in [1.54, 1.807) is 17.5 Å². The van der Waals surface area contributed by atoms with Crippen LogP contribution in [0, 0.1) is 5.92 Å². The number of benzene rings is 1. The van der Waals surface area contributed by atoms with Gasteiger partial charge in [-0.1, -0.05) is 30.3 Å². The lowest BCUT2D eigenvalue weighted by atomic mass is 9.97. The average molecular weight is 488 g/mol. The first-order valence-corrected chi connectivity index (χ1v) is 13.1. The molecule has 8 heteroatoms. The second-order valence-electron chi connectivity index (χ2n) is 9.05. The first-order valence-electron chi connectivity index (χ1n) is 12.3. The number of anilines is 1. The van der Waals surface area contributed by atoms with Gasteiger partial charge < -0.3 is 14.8 Å². The van der Waals surface area contributed by atoms with Crippen molar-refractivity contribution in [2.24, 2.45) is 5.92 Å². The largest absolute Gasteiger partial charge is 0.381 e. The topological polar surface area (TPSA) is 72.4 Å². The Morgan fingerprint density at radius 3 is 2.63 bits per heavy atom. The highest BCUT2D eigenvalue weighted by molar-refractivity contribution is 7.21. The summed E-state index contributed by atoms with van der Waals surface area (Å²) in [7, 11) is 0.